The number of aromatic nitrogens is 3. The maximum Gasteiger partial charge on any atom is 0.148 e. The average molecular weight is 344 g/mol. The molecule has 3 aromatic rings. The van der Waals surface area contributed by atoms with Crippen LogP contribution in [-0.4, -0.2) is 35.1 Å². The molecule has 0 unspecified atom stereocenters. The number of methoxy groups -OCH3 is 1. The van der Waals surface area contributed by atoms with Crippen molar-refractivity contribution >= 4 is 22.5 Å². The van der Waals surface area contributed by atoms with Crippen LogP contribution in [0.4, 0.5) is 0 Å². The van der Waals surface area contributed by atoms with Gasteiger partial charge in [0.2, 0.25) is 0 Å². The number of halogens is 1. The van der Waals surface area contributed by atoms with E-state index in [0.717, 1.165) is 54.1 Å². The monoisotopic (exact) mass is 343 g/mol. The molecule has 0 spiro atoms. The van der Waals surface area contributed by atoms with E-state index in [4.69, 9.17) is 26.1 Å². The van der Waals surface area contributed by atoms with Crippen molar-refractivity contribution in [2.45, 2.75) is 18.8 Å². The lowest BCUT2D eigenvalue weighted by atomic mass is 9.94. The second kappa shape index (κ2) is 6.42. The van der Waals surface area contributed by atoms with Crippen LogP contribution in [-0.2, 0) is 4.74 Å². The van der Waals surface area contributed by atoms with Gasteiger partial charge in [-0.3, -0.25) is 4.98 Å². The Kier molecular flexibility index (Phi) is 4.12. The van der Waals surface area contributed by atoms with Crippen LogP contribution >= 0.6 is 11.6 Å². The summed E-state index contributed by atoms with van der Waals surface area (Å²) >= 11 is 6.02. The lowest BCUT2D eigenvalue weighted by Gasteiger charge is -2.23. The predicted molar refractivity (Wildman–Crippen MR) is 93.2 cm³/mol. The Morgan fingerprint density at radius 1 is 1.17 bits per heavy atom. The highest BCUT2D eigenvalue weighted by Gasteiger charge is 2.23. The molecule has 24 heavy (non-hydrogen) atoms. The van der Waals surface area contributed by atoms with E-state index in [1.807, 2.05) is 35.1 Å². The lowest BCUT2D eigenvalue weighted by molar-refractivity contribution is 0.0847. The number of nitrogens with zero attached hydrogens (tertiary/aromatic N) is 3. The van der Waals surface area contributed by atoms with Crippen LogP contribution in [0.5, 0.6) is 5.75 Å². The van der Waals surface area contributed by atoms with Crippen molar-refractivity contribution < 1.29 is 9.47 Å². The Labute approximate surface area is 145 Å². The van der Waals surface area contributed by atoms with Crippen LogP contribution in [0, 0.1) is 0 Å². The van der Waals surface area contributed by atoms with E-state index in [1.54, 1.807) is 13.3 Å². The quantitative estimate of drug-likeness (QED) is 0.721. The van der Waals surface area contributed by atoms with E-state index >= 15 is 0 Å². The Bertz CT molecular complexity index is 855. The molecule has 1 saturated heterocycles. The van der Waals surface area contributed by atoms with Gasteiger partial charge in [-0.1, -0.05) is 11.6 Å². The molecule has 124 valence electrons. The van der Waals surface area contributed by atoms with Crippen LogP contribution < -0.4 is 4.74 Å². The number of pyridine rings is 1. The van der Waals surface area contributed by atoms with Crippen molar-refractivity contribution in [3.8, 4) is 11.4 Å². The highest BCUT2D eigenvalue weighted by atomic mass is 35.5. The first-order chi connectivity index (χ1) is 11.8. The van der Waals surface area contributed by atoms with Gasteiger partial charge in [-0.15, -0.1) is 0 Å². The number of rotatable bonds is 3. The highest BCUT2D eigenvalue weighted by molar-refractivity contribution is 6.30. The van der Waals surface area contributed by atoms with Gasteiger partial charge < -0.3 is 9.47 Å². The normalized spacial score (nSPS) is 15.8. The summed E-state index contributed by atoms with van der Waals surface area (Å²) in [6.45, 7) is 1.55. The third-order valence-corrected chi connectivity index (χ3v) is 4.75. The molecule has 0 atom stereocenters. The van der Waals surface area contributed by atoms with Crippen LogP contribution in [0.25, 0.3) is 16.6 Å². The third-order valence-electron chi connectivity index (χ3n) is 4.50. The van der Waals surface area contributed by atoms with Gasteiger partial charge in [-0.05, 0) is 37.1 Å². The fourth-order valence-electron chi connectivity index (χ4n) is 3.24. The largest absolute Gasteiger partial charge is 0.494 e. The molecule has 1 aliphatic rings. The molecular weight excluding hydrogens is 326 g/mol. The first kappa shape index (κ1) is 15.4. The summed E-state index contributed by atoms with van der Waals surface area (Å²) in [4.78, 5) is 4.71. The highest BCUT2D eigenvalue weighted by Crippen LogP contribution is 2.35. The third kappa shape index (κ3) is 2.64. The van der Waals surface area contributed by atoms with Gasteiger partial charge in [0, 0.05) is 24.2 Å². The van der Waals surface area contributed by atoms with Gasteiger partial charge in [0.1, 0.15) is 5.75 Å². The summed E-state index contributed by atoms with van der Waals surface area (Å²) in [7, 11) is 1.66. The first-order valence-corrected chi connectivity index (χ1v) is 8.40. The molecule has 2 aromatic heterocycles. The molecule has 1 aromatic carbocycles. The molecule has 1 fully saturated rings. The van der Waals surface area contributed by atoms with E-state index in [0.29, 0.717) is 10.9 Å². The number of benzene rings is 1. The Balaban J connectivity index is 1.92. The zero-order chi connectivity index (χ0) is 16.5. The van der Waals surface area contributed by atoms with Crippen molar-refractivity contribution in [1.29, 1.82) is 0 Å². The molecule has 0 saturated carbocycles. The molecule has 5 nitrogen and oxygen atoms in total. The molecule has 4 rings (SSSR count). The average Bonchev–Trinajstić information content (AvgIpc) is 3.07. The molecule has 0 bridgehead atoms. The number of ether oxygens (including phenoxy) is 2. The molecule has 3 heterocycles. The van der Waals surface area contributed by atoms with Crippen LogP contribution in [0.1, 0.15) is 24.5 Å². The van der Waals surface area contributed by atoms with Gasteiger partial charge in [0.25, 0.3) is 0 Å². The van der Waals surface area contributed by atoms with Crippen molar-refractivity contribution in [2.75, 3.05) is 20.3 Å². The smallest absolute Gasteiger partial charge is 0.148 e. The van der Waals surface area contributed by atoms with Crippen molar-refractivity contribution in [1.82, 2.24) is 14.8 Å². The standard InChI is InChI=1S/C18H18ClN3O2/c1-23-16-11-20-17(12-6-8-24-9-7-12)18-15(16)10-21-22(18)14-4-2-13(19)3-5-14/h2-5,10-12H,6-9H2,1H3. The van der Waals surface area contributed by atoms with E-state index in [2.05, 4.69) is 5.10 Å². The topological polar surface area (TPSA) is 49.2 Å². The predicted octanol–water partition coefficient (Wildman–Crippen LogP) is 3.98. The van der Waals surface area contributed by atoms with Gasteiger partial charge >= 0.3 is 0 Å². The van der Waals surface area contributed by atoms with E-state index in [9.17, 15) is 0 Å². The second-order valence-electron chi connectivity index (χ2n) is 5.89. The van der Waals surface area contributed by atoms with Gasteiger partial charge in [-0.2, -0.15) is 5.10 Å². The van der Waals surface area contributed by atoms with Crippen LogP contribution in [0.2, 0.25) is 5.02 Å². The Hall–Kier alpha value is -2.11. The van der Waals surface area contributed by atoms with Crippen LogP contribution in [0.15, 0.2) is 36.7 Å². The zero-order valence-electron chi connectivity index (χ0n) is 13.4. The van der Waals surface area contributed by atoms with Crippen molar-refractivity contribution in [3.05, 3.63) is 47.4 Å². The minimum atomic E-state index is 0.370. The molecule has 6 heteroatoms. The van der Waals surface area contributed by atoms with Crippen molar-refractivity contribution in [2.24, 2.45) is 0 Å². The van der Waals surface area contributed by atoms with Crippen LogP contribution in [0.3, 0.4) is 0 Å². The Morgan fingerprint density at radius 2 is 1.92 bits per heavy atom. The molecule has 0 aliphatic carbocycles. The Morgan fingerprint density at radius 3 is 2.62 bits per heavy atom. The summed E-state index contributed by atoms with van der Waals surface area (Å²) in [6.07, 6.45) is 5.58. The van der Waals surface area contributed by atoms with Crippen molar-refractivity contribution in [3.63, 3.8) is 0 Å². The molecular formula is C18H18ClN3O2. The second-order valence-corrected chi connectivity index (χ2v) is 6.33. The van der Waals surface area contributed by atoms with E-state index < -0.39 is 0 Å². The minimum absolute atomic E-state index is 0.370. The fraction of sp³-hybridized carbons (Fsp3) is 0.333. The van der Waals surface area contributed by atoms with E-state index in [-0.39, 0.29) is 0 Å². The first-order valence-electron chi connectivity index (χ1n) is 8.02. The summed E-state index contributed by atoms with van der Waals surface area (Å²) in [5.74, 6) is 1.11. The summed E-state index contributed by atoms with van der Waals surface area (Å²) in [6, 6.07) is 7.66. The molecule has 0 amide bonds. The van der Waals surface area contributed by atoms with E-state index in [1.165, 1.54) is 0 Å². The molecule has 0 radical (unpaired) electrons. The molecule has 0 N–H and O–H groups in total. The SMILES string of the molecule is COc1cnc(C2CCOCC2)c2c1cnn2-c1ccc(Cl)cc1. The summed E-state index contributed by atoms with van der Waals surface area (Å²) in [5.41, 5.74) is 3.02. The van der Waals surface area contributed by atoms with Gasteiger partial charge in [0.15, 0.2) is 0 Å². The number of hydrogen-bond donors (Lipinski definition) is 0. The molecule has 1 aliphatic heterocycles. The maximum atomic E-state index is 6.02. The fourth-order valence-corrected chi connectivity index (χ4v) is 3.37. The van der Waals surface area contributed by atoms with Gasteiger partial charge in [-0.25, -0.2) is 4.68 Å². The lowest BCUT2D eigenvalue weighted by Crippen LogP contribution is -2.16. The summed E-state index contributed by atoms with van der Waals surface area (Å²) in [5, 5.41) is 6.26. The van der Waals surface area contributed by atoms with Gasteiger partial charge in [0.05, 0.1) is 41.8 Å². The zero-order valence-corrected chi connectivity index (χ0v) is 14.2. The minimum Gasteiger partial charge on any atom is -0.494 e. The summed E-state index contributed by atoms with van der Waals surface area (Å²) < 4.78 is 12.9. The maximum absolute atomic E-state index is 6.02. The number of hydrogen-bond acceptors (Lipinski definition) is 4. The number of fused-ring (bicyclic) bond motifs is 1.